The van der Waals surface area contributed by atoms with Crippen LogP contribution in [0.2, 0.25) is 0 Å². The fourth-order valence-corrected chi connectivity index (χ4v) is 3.68. The Morgan fingerprint density at radius 2 is 1.96 bits per heavy atom. The molecule has 0 atom stereocenters. The number of hydrogen-bond acceptors (Lipinski definition) is 3. The van der Waals surface area contributed by atoms with E-state index < -0.39 is 0 Å². The maximum absolute atomic E-state index is 12.9. The number of benzene rings is 1. The summed E-state index contributed by atoms with van der Waals surface area (Å²) in [6, 6.07) is 10.0. The van der Waals surface area contributed by atoms with Crippen LogP contribution < -0.4 is 10.2 Å². The number of fused-ring (bicyclic) bond motifs is 1. The summed E-state index contributed by atoms with van der Waals surface area (Å²) >= 11 is 0. The standard InChI is InChI=1S/C21H29N3O/c1-20(2,3)15-21(4,5)23-14-17(13-22)19(25)24-12-8-10-16-9-6-7-11-18(16)24/h6-7,9,11,14,23H,8,10,12,15H2,1-5H3/b17-14-. The maximum Gasteiger partial charge on any atom is 0.270 e. The first kappa shape index (κ1) is 19.1. The molecule has 0 fully saturated rings. The van der Waals surface area contributed by atoms with Crippen LogP contribution in [0.15, 0.2) is 36.0 Å². The van der Waals surface area contributed by atoms with E-state index in [4.69, 9.17) is 0 Å². The van der Waals surface area contributed by atoms with E-state index in [2.05, 4.69) is 52.1 Å². The number of amides is 1. The second kappa shape index (κ2) is 7.31. The van der Waals surface area contributed by atoms with Crippen molar-refractivity contribution in [2.24, 2.45) is 5.41 Å². The molecule has 1 N–H and O–H groups in total. The van der Waals surface area contributed by atoms with Crippen molar-refractivity contribution in [1.82, 2.24) is 5.32 Å². The van der Waals surface area contributed by atoms with Crippen LogP contribution in [0, 0.1) is 16.7 Å². The average Bonchev–Trinajstić information content (AvgIpc) is 2.52. The van der Waals surface area contributed by atoms with Gasteiger partial charge in [-0.15, -0.1) is 0 Å². The van der Waals surface area contributed by atoms with Crippen molar-refractivity contribution in [3.63, 3.8) is 0 Å². The minimum Gasteiger partial charge on any atom is -0.385 e. The van der Waals surface area contributed by atoms with Crippen molar-refractivity contribution in [1.29, 1.82) is 5.26 Å². The summed E-state index contributed by atoms with van der Waals surface area (Å²) in [6.45, 7) is 11.4. The molecule has 2 rings (SSSR count). The number of nitriles is 1. The highest BCUT2D eigenvalue weighted by molar-refractivity contribution is 6.08. The van der Waals surface area contributed by atoms with E-state index in [0.29, 0.717) is 6.54 Å². The first-order valence-electron chi connectivity index (χ1n) is 8.91. The molecule has 0 aromatic heterocycles. The molecular formula is C21H29N3O. The molecule has 0 bridgehead atoms. The molecule has 1 aliphatic heterocycles. The molecule has 1 amide bonds. The van der Waals surface area contributed by atoms with Gasteiger partial charge in [-0.25, -0.2) is 0 Å². The van der Waals surface area contributed by atoms with Gasteiger partial charge in [0.25, 0.3) is 5.91 Å². The van der Waals surface area contributed by atoms with Gasteiger partial charge in [0.1, 0.15) is 11.6 Å². The zero-order valence-corrected chi connectivity index (χ0v) is 16.0. The minimum absolute atomic E-state index is 0.152. The van der Waals surface area contributed by atoms with Gasteiger partial charge in [0.05, 0.1) is 0 Å². The van der Waals surface area contributed by atoms with E-state index in [1.807, 2.05) is 18.2 Å². The fraction of sp³-hybridized carbons (Fsp3) is 0.524. The van der Waals surface area contributed by atoms with Crippen LogP contribution in [0.4, 0.5) is 5.69 Å². The summed E-state index contributed by atoms with van der Waals surface area (Å²) in [5, 5.41) is 12.8. The number of rotatable bonds is 4. The second-order valence-corrected chi connectivity index (χ2v) is 8.62. The molecule has 4 nitrogen and oxygen atoms in total. The van der Waals surface area contributed by atoms with Crippen molar-refractivity contribution in [2.45, 2.75) is 59.4 Å². The van der Waals surface area contributed by atoms with Crippen molar-refractivity contribution in [3.8, 4) is 6.07 Å². The summed E-state index contributed by atoms with van der Waals surface area (Å²) in [6.07, 6.45) is 4.41. The van der Waals surface area contributed by atoms with Gasteiger partial charge in [-0.05, 0) is 50.2 Å². The van der Waals surface area contributed by atoms with Crippen molar-refractivity contribution < 1.29 is 4.79 Å². The SMILES string of the molecule is CC(C)(C)CC(C)(C)N/C=C(/C#N)C(=O)N1CCCc2ccccc21. The molecule has 0 spiro atoms. The number of aryl methyl sites for hydroxylation is 1. The molecule has 1 heterocycles. The Bertz CT molecular complexity index is 705. The lowest BCUT2D eigenvalue weighted by atomic mass is 9.82. The molecule has 25 heavy (non-hydrogen) atoms. The van der Waals surface area contributed by atoms with Gasteiger partial charge >= 0.3 is 0 Å². The summed E-state index contributed by atoms with van der Waals surface area (Å²) in [7, 11) is 0. The quantitative estimate of drug-likeness (QED) is 0.661. The van der Waals surface area contributed by atoms with Crippen LogP contribution in [0.3, 0.4) is 0 Å². The largest absolute Gasteiger partial charge is 0.385 e. The molecule has 134 valence electrons. The number of hydrogen-bond donors (Lipinski definition) is 1. The van der Waals surface area contributed by atoms with Crippen molar-refractivity contribution in [2.75, 3.05) is 11.4 Å². The van der Waals surface area contributed by atoms with E-state index >= 15 is 0 Å². The topological polar surface area (TPSA) is 56.1 Å². The van der Waals surface area contributed by atoms with Gasteiger partial charge in [0, 0.05) is 24.0 Å². The third-order valence-electron chi connectivity index (χ3n) is 4.29. The zero-order valence-electron chi connectivity index (χ0n) is 16.0. The van der Waals surface area contributed by atoms with Crippen LogP contribution >= 0.6 is 0 Å². The number of carbonyl (C=O) groups excluding carboxylic acids is 1. The van der Waals surface area contributed by atoms with Crippen LogP contribution in [0.1, 0.15) is 53.0 Å². The highest BCUT2D eigenvalue weighted by atomic mass is 16.2. The highest BCUT2D eigenvalue weighted by Crippen LogP contribution is 2.29. The Morgan fingerprint density at radius 1 is 1.28 bits per heavy atom. The smallest absolute Gasteiger partial charge is 0.270 e. The normalized spacial score (nSPS) is 15.4. The van der Waals surface area contributed by atoms with Gasteiger partial charge in [-0.1, -0.05) is 39.0 Å². The third-order valence-corrected chi connectivity index (χ3v) is 4.29. The second-order valence-electron chi connectivity index (χ2n) is 8.62. The van der Waals surface area contributed by atoms with Crippen LogP contribution in [0.25, 0.3) is 0 Å². The zero-order chi connectivity index (χ0) is 18.7. The first-order valence-corrected chi connectivity index (χ1v) is 8.91. The van der Waals surface area contributed by atoms with Gasteiger partial charge < -0.3 is 10.2 Å². The molecule has 1 aromatic rings. The van der Waals surface area contributed by atoms with E-state index in [1.165, 1.54) is 5.56 Å². The predicted molar refractivity (Wildman–Crippen MR) is 102 cm³/mol. The van der Waals surface area contributed by atoms with Crippen molar-refractivity contribution >= 4 is 11.6 Å². The van der Waals surface area contributed by atoms with E-state index in [1.54, 1.807) is 11.1 Å². The fourth-order valence-electron chi connectivity index (χ4n) is 3.68. The average molecular weight is 339 g/mol. The molecule has 0 radical (unpaired) electrons. The van der Waals surface area contributed by atoms with Crippen LogP contribution in [0.5, 0.6) is 0 Å². The summed E-state index contributed by atoms with van der Waals surface area (Å²) in [5.74, 6) is -0.228. The summed E-state index contributed by atoms with van der Waals surface area (Å²) in [5.41, 5.74) is 2.21. The number of para-hydroxylation sites is 1. The molecule has 0 saturated heterocycles. The van der Waals surface area contributed by atoms with Gasteiger partial charge in [0.2, 0.25) is 0 Å². The van der Waals surface area contributed by atoms with E-state index in [0.717, 1.165) is 24.9 Å². The molecule has 0 unspecified atom stereocenters. The summed E-state index contributed by atoms with van der Waals surface area (Å²) < 4.78 is 0. The molecule has 1 aliphatic rings. The minimum atomic E-state index is -0.228. The highest BCUT2D eigenvalue weighted by Gasteiger charge is 2.27. The molecular weight excluding hydrogens is 310 g/mol. The lowest BCUT2D eigenvalue weighted by Crippen LogP contribution is -2.41. The lowest BCUT2D eigenvalue weighted by Gasteiger charge is -2.33. The van der Waals surface area contributed by atoms with Gasteiger partial charge in [-0.3, -0.25) is 4.79 Å². The molecule has 0 saturated carbocycles. The van der Waals surface area contributed by atoms with E-state index in [-0.39, 0.29) is 22.4 Å². The van der Waals surface area contributed by atoms with Crippen LogP contribution in [-0.2, 0) is 11.2 Å². The Balaban J connectivity index is 2.19. The third kappa shape index (κ3) is 5.09. The Kier molecular flexibility index (Phi) is 5.57. The van der Waals surface area contributed by atoms with Crippen molar-refractivity contribution in [3.05, 3.63) is 41.6 Å². The number of carbonyl (C=O) groups is 1. The monoisotopic (exact) mass is 339 g/mol. The Labute approximate surface area is 151 Å². The van der Waals surface area contributed by atoms with E-state index in [9.17, 15) is 10.1 Å². The first-order chi connectivity index (χ1) is 11.6. The molecule has 1 aromatic carbocycles. The number of nitrogens with one attached hydrogen (secondary N) is 1. The van der Waals surface area contributed by atoms with Gasteiger partial charge in [-0.2, -0.15) is 5.26 Å². The Morgan fingerprint density at radius 3 is 2.60 bits per heavy atom. The predicted octanol–water partition coefficient (Wildman–Crippen LogP) is 4.18. The number of anilines is 1. The lowest BCUT2D eigenvalue weighted by molar-refractivity contribution is -0.114. The van der Waals surface area contributed by atoms with Gasteiger partial charge in [0.15, 0.2) is 0 Å². The Hall–Kier alpha value is -2.28. The molecule has 4 heteroatoms. The summed E-state index contributed by atoms with van der Waals surface area (Å²) in [4.78, 5) is 14.6. The maximum atomic E-state index is 12.9. The molecule has 0 aliphatic carbocycles. The van der Waals surface area contributed by atoms with Crippen LogP contribution in [-0.4, -0.2) is 18.0 Å². The number of nitrogens with zero attached hydrogens (tertiary/aromatic N) is 2.